The maximum atomic E-state index is 5.37. The second-order valence-corrected chi connectivity index (χ2v) is 5.94. The van der Waals surface area contributed by atoms with Crippen molar-refractivity contribution in [3.63, 3.8) is 0 Å². The van der Waals surface area contributed by atoms with Crippen LogP contribution < -0.4 is 10.6 Å². The van der Waals surface area contributed by atoms with Crippen LogP contribution in [0.2, 0.25) is 0 Å². The summed E-state index contributed by atoms with van der Waals surface area (Å²) in [5.74, 6) is 0. The maximum absolute atomic E-state index is 5.37. The van der Waals surface area contributed by atoms with Crippen molar-refractivity contribution in [2.24, 2.45) is 0 Å². The van der Waals surface area contributed by atoms with E-state index in [1.165, 1.54) is 11.1 Å². The third-order valence-electron chi connectivity index (χ3n) is 3.74. The molecule has 4 nitrogen and oxygen atoms in total. The average Bonchev–Trinajstić information content (AvgIpc) is 3.10. The van der Waals surface area contributed by atoms with E-state index in [0.29, 0.717) is 5.11 Å². The lowest BCUT2D eigenvalue weighted by Gasteiger charge is -2.11. The molecular weight excluding hydrogens is 316 g/mol. The maximum Gasteiger partial charge on any atom is 0.175 e. The lowest BCUT2D eigenvalue weighted by molar-refractivity contribution is 0.687. The van der Waals surface area contributed by atoms with E-state index in [1.807, 2.05) is 41.2 Å². The Balaban J connectivity index is 1.55. The highest BCUT2D eigenvalue weighted by atomic mass is 32.1. The van der Waals surface area contributed by atoms with Crippen molar-refractivity contribution in [1.82, 2.24) is 9.78 Å². The summed E-state index contributed by atoms with van der Waals surface area (Å²) in [6, 6.07) is 18.4. The Bertz CT molecular complexity index is 777. The molecule has 0 bridgehead atoms. The van der Waals surface area contributed by atoms with E-state index in [9.17, 15) is 0 Å². The van der Waals surface area contributed by atoms with Crippen LogP contribution in [-0.2, 0) is 13.0 Å². The minimum atomic E-state index is 0.582. The molecule has 0 aliphatic carbocycles. The minimum absolute atomic E-state index is 0.582. The molecule has 2 N–H and O–H groups in total. The standard InChI is InChI=1S/C19H20N4S/c1-2-15-4-8-17(9-5-15)21-19(24)22-18-10-6-16(7-11-18)14-23-13-3-12-20-23/h3-13H,2,14H2,1H3,(H2,21,22,24). The molecule has 5 heteroatoms. The third-order valence-corrected chi connectivity index (χ3v) is 3.94. The smallest absolute Gasteiger partial charge is 0.175 e. The van der Waals surface area contributed by atoms with Gasteiger partial charge in [0.15, 0.2) is 5.11 Å². The zero-order valence-corrected chi connectivity index (χ0v) is 14.4. The van der Waals surface area contributed by atoms with Crippen LogP contribution in [0.4, 0.5) is 11.4 Å². The normalized spacial score (nSPS) is 10.4. The largest absolute Gasteiger partial charge is 0.332 e. The Morgan fingerprint density at radius 2 is 1.54 bits per heavy atom. The zero-order chi connectivity index (χ0) is 16.8. The van der Waals surface area contributed by atoms with E-state index >= 15 is 0 Å². The van der Waals surface area contributed by atoms with Gasteiger partial charge in [0.2, 0.25) is 0 Å². The van der Waals surface area contributed by atoms with E-state index in [1.54, 1.807) is 6.20 Å². The fourth-order valence-corrected chi connectivity index (χ4v) is 2.63. The molecule has 0 saturated heterocycles. The lowest BCUT2D eigenvalue weighted by atomic mass is 10.1. The van der Waals surface area contributed by atoms with Gasteiger partial charge in [-0.05, 0) is 60.1 Å². The molecule has 0 aliphatic heterocycles. The summed E-state index contributed by atoms with van der Waals surface area (Å²) in [5, 5.41) is 11.2. The van der Waals surface area contributed by atoms with Crippen molar-refractivity contribution in [1.29, 1.82) is 0 Å². The fraction of sp³-hybridized carbons (Fsp3) is 0.158. The predicted molar refractivity (Wildman–Crippen MR) is 103 cm³/mol. The summed E-state index contributed by atoms with van der Waals surface area (Å²) < 4.78 is 1.90. The molecule has 0 saturated carbocycles. The summed E-state index contributed by atoms with van der Waals surface area (Å²) >= 11 is 5.37. The Morgan fingerprint density at radius 3 is 2.04 bits per heavy atom. The number of aryl methyl sites for hydroxylation is 1. The molecular formula is C19H20N4S. The van der Waals surface area contributed by atoms with Gasteiger partial charge in [0, 0.05) is 23.8 Å². The van der Waals surface area contributed by atoms with Gasteiger partial charge < -0.3 is 10.6 Å². The molecule has 3 rings (SSSR count). The molecule has 0 spiro atoms. The monoisotopic (exact) mass is 336 g/mol. The van der Waals surface area contributed by atoms with Gasteiger partial charge >= 0.3 is 0 Å². The fourth-order valence-electron chi connectivity index (χ4n) is 2.39. The minimum Gasteiger partial charge on any atom is -0.332 e. The molecule has 122 valence electrons. The van der Waals surface area contributed by atoms with Crippen LogP contribution in [0.1, 0.15) is 18.1 Å². The Labute approximate surface area is 147 Å². The van der Waals surface area contributed by atoms with E-state index < -0.39 is 0 Å². The molecule has 1 aromatic heterocycles. The number of rotatable bonds is 5. The van der Waals surface area contributed by atoms with Crippen molar-refractivity contribution < 1.29 is 0 Å². The highest BCUT2D eigenvalue weighted by molar-refractivity contribution is 7.80. The van der Waals surface area contributed by atoms with E-state index in [2.05, 4.69) is 46.9 Å². The number of nitrogens with zero attached hydrogens (tertiary/aromatic N) is 2. The first-order valence-electron chi connectivity index (χ1n) is 7.96. The quantitative estimate of drug-likeness (QED) is 0.682. The van der Waals surface area contributed by atoms with Gasteiger partial charge in [0.25, 0.3) is 0 Å². The van der Waals surface area contributed by atoms with E-state index in [-0.39, 0.29) is 0 Å². The number of nitrogens with one attached hydrogen (secondary N) is 2. The van der Waals surface area contributed by atoms with Crippen LogP contribution in [0, 0.1) is 0 Å². The molecule has 0 aliphatic rings. The Hall–Kier alpha value is -2.66. The first-order chi connectivity index (χ1) is 11.7. The number of hydrogen-bond donors (Lipinski definition) is 2. The van der Waals surface area contributed by atoms with Crippen LogP contribution in [0.15, 0.2) is 67.0 Å². The number of anilines is 2. The number of aromatic nitrogens is 2. The molecule has 0 fully saturated rings. The molecule has 3 aromatic rings. The Kier molecular flexibility index (Phi) is 5.23. The van der Waals surface area contributed by atoms with E-state index in [4.69, 9.17) is 12.2 Å². The van der Waals surface area contributed by atoms with Gasteiger partial charge in [0.1, 0.15) is 0 Å². The van der Waals surface area contributed by atoms with E-state index in [0.717, 1.165) is 24.3 Å². The molecule has 0 radical (unpaired) electrons. The lowest BCUT2D eigenvalue weighted by Crippen LogP contribution is -2.19. The van der Waals surface area contributed by atoms with Gasteiger partial charge in [-0.15, -0.1) is 0 Å². The molecule has 24 heavy (non-hydrogen) atoms. The second-order valence-electron chi connectivity index (χ2n) is 5.53. The number of benzene rings is 2. The zero-order valence-electron chi connectivity index (χ0n) is 13.6. The molecule has 0 unspecified atom stereocenters. The van der Waals surface area contributed by atoms with Crippen molar-refractivity contribution in [2.75, 3.05) is 10.6 Å². The average molecular weight is 336 g/mol. The first-order valence-corrected chi connectivity index (χ1v) is 8.37. The third kappa shape index (κ3) is 4.43. The highest BCUT2D eigenvalue weighted by Crippen LogP contribution is 2.13. The highest BCUT2D eigenvalue weighted by Gasteiger charge is 2.01. The topological polar surface area (TPSA) is 41.9 Å². The van der Waals surface area contributed by atoms with Crippen LogP contribution >= 0.6 is 12.2 Å². The predicted octanol–water partition coefficient (Wildman–Crippen LogP) is 4.30. The first kappa shape index (κ1) is 16.2. The summed E-state index contributed by atoms with van der Waals surface area (Å²) in [4.78, 5) is 0. The van der Waals surface area contributed by atoms with Crippen molar-refractivity contribution in [3.05, 3.63) is 78.1 Å². The van der Waals surface area contributed by atoms with Crippen molar-refractivity contribution >= 4 is 28.7 Å². The van der Waals surface area contributed by atoms with Crippen LogP contribution in [0.25, 0.3) is 0 Å². The van der Waals surface area contributed by atoms with Gasteiger partial charge in [-0.1, -0.05) is 31.2 Å². The van der Waals surface area contributed by atoms with Gasteiger partial charge in [-0.25, -0.2) is 0 Å². The van der Waals surface area contributed by atoms with Gasteiger partial charge in [-0.2, -0.15) is 5.10 Å². The van der Waals surface area contributed by atoms with Gasteiger partial charge in [-0.3, -0.25) is 4.68 Å². The Morgan fingerprint density at radius 1 is 0.958 bits per heavy atom. The van der Waals surface area contributed by atoms with Crippen LogP contribution in [0.5, 0.6) is 0 Å². The summed E-state index contributed by atoms with van der Waals surface area (Å²) in [7, 11) is 0. The molecule has 0 atom stereocenters. The second kappa shape index (κ2) is 7.75. The number of thiocarbonyl (C=S) groups is 1. The summed E-state index contributed by atoms with van der Waals surface area (Å²) in [6.07, 6.45) is 4.77. The SMILES string of the molecule is CCc1ccc(NC(=S)Nc2ccc(Cn3cccn3)cc2)cc1. The summed E-state index contributed by atoms with van der Waals surface area (Å²) in [5.41, 5.74) is 4.45. The summed E-state index contributed by atoms with van der Waals surface area (Å²) in [6.45, 7) is 2.91. The van der Waals surface area contributed by atoms with Crippen molar-refractivity contribution in [2.45, 2.75) is 19.9 Å². The van der Waals surface area contributed by atoms with Crippen LogP contribution in [-0.4, -0.2) is 14.9 Å². The van der Waals surface area contributed by atoms with Crippen molar-refractivity contribution in [3.8, 4) is 0 Å². The van der Waals surface area contributed by atoms with Crippen LogP contribution in [0.3, 0.4) is 0 Å². The number of hydrogen-bond acceptors (Lipinski definition) is 2. The molecule has 1 heterocycles. The molecule has 2 aromatic carbocycles. The van der Waals surface area contributed by atoms with Gasteiger partial charge in [0.05, 0.1) is 6.54 Å². The molecule has 0 amide bonds.